The first-order valence-corrected chi connectivity index (χ1v) is 8.58. The fraction of sp³-hybridized carbons (Fsp3) is 0.941. The Kier molecular flexibility index (Phi) is 5.11. The number of quaternary nitrogens is 1. The molecular weight excluding hydrogens is 250 g/mol. The van der Waals surface area contributed by atoms with Crippen LogP contribution in [-0.4, -0.2) is 25.6 Å². The molecule has 0 unspecified atom stereocenters. The lowest BCUT2D eigenvalue weighted by atomic mass is 9.49. The van der Waals surface area contributed by atoms with Crippen LogP contribution in [0.1, 0.15) is 59.3 Å². The molecule has 0 aliphatic heterocycles. The quantitative estimate of drug-likeness (QED) is 0.831. The molecule has 4 fully saturated rings. The Balaban J connectivity index is 0.000000182. The Morgan fingerprint density at radius 1 is 0.950 bits per heavy atom. The molecular formula is C17H31NO2. The first kappa shape index (κ1) is 15.8. The summed E-state index contributed by atoms with van der Waals surface area (Å²) in [5, 5.41) is 11.1. The van der Waals surface area contributed by atoms with Crippen molar-refractivity contribution in [2.45, 2.75) is 59.3 Å². The summed E-state index contributed by atoms with van der Waals surface area (Å²) < 4.78 is 0. The summed E-state index contributed by atoms with van der Waals surface area (Å²) in [5.74, 6) is 1.38. The smallest absolute Gasteiger partial charge is 0.0742 e. The summed E-state index contributed by atoms with van der Waals surface area (Å²) in [7, 11) is 0. The van der Waals surface area contributed by atoms with Crippen molar-refractivity contribution in [3.05, 3.63) is 0 Å². The van der Waals surface area contributed by atoms with Crippen LogP contribution in [0.15, 0.2) is 0 Å². The fourth-order valence-corrected chi connectivity index (χ4v) is 5.11. The van der Waals surface area contributed by atoms with Gasteiger partial charge in [0.1, 0.15) is 0 Å². The van der Waals surface area contributed by atoms with Gasteiger partial charge in [0.15, 0.2) is 0 Å². The molecule has 0 amide bonds. The van der Waals surface area contributed by atoms with Gasteiger partial charge in [-0.15, -0.1) is 0 Å². The summed E-state index contributed by atoms with van der Waals surface area (Å²) in [6.07, 6.45) is 6.65. The predicted molar refractivity (Wildman–Crippen MR) is 78.2 cm³/mol. The fourth-order valence-electron chi connectivity index (χ4n) is 5.11. The standard InChI is InChI=1S/C11H16O2.C6H15N/c12-10(13)11-4-7-1-8(5-11)3-9(2-7)6-11;1-4-7(5-2)6-3/h7-9H,1-6H2,(H,12,13);4-6H2,1-3H3. The van der Waals surface area contributed by atoms with Crippen LogP contribution in [-0.2, 0) is 4.79 Å². The van der Waals surface area contributed by atoms with Gasteiger partial charge in [-0.1, -0.05) is 0 Å². The third-order valence-electron chi connectivity index (χ3n) is 5.97. The lowest BCUT2D eigenvalue weighted by molar-refractivity contribution is -0.894. The number of carboxylic acids is 1. The number of aliphatic carboxylic acids is 1. The maximum Gasteiger partial charge on any atom is 0.0742 e. The number of carbonyl (C=O) groups excluding carboxylic acids is 1. The van der Waals surface area contributed by atoms with E-state index in [0.717, 1.165) is 19.3 Å². The zero-order chi connectivity index (χ0) is 14.8. The zero-order valence-corrected chi connectivity index (χ0v) is 13.4. The molecule has 4 aliphatic rings. The lowest BCUT2D eigenvalue weighted by Gasteiger charge is -2.57. The van der Waals surface area contributed by atoms with E-state index in [1.54, 1.807) is 4.90 Å². The van der Waals surface area contributed by atoms with E-state index in [1.807, 2.05) is 0 Å². The molecule has 0 saturated heterocycles. The molecule has 4 aliphatic carbocycles. The van der Waals surface area contributed by atoms with Crippen molar-refractivity contribution in [3.63, 3.8) is 0 Å². The van der Waals surface area contributed by atoms with Crippen LogP contribution < -0.4 is 10.0 Å². The van der Waals surface area contributed by atoms with Crippen LogP contribution in [0.4, 0.5) is 0 Å². The Morgan fingerprint density at radius 3 is 1.50 bits per heavy atom. The average Bonchev–Trinajstić information content (AvgIpc) is 2.40. The summed E-state index contributed by atoms with van der Waals surface area (Å²) in [5.41, 5.74) is -0.394. The van der Waals surface area contributed by atoms with Gasteiger partial charge in [0, 0.05) is 11.4 Å². The molecule has 4 rings (SSSR count). The SMILES string of the molecule is CC[NH+](CC)CC.O=C([O-])C12CC3CC(CC(C3)C1)C2. The highest BCUT2D eigenvalue weighted by Gasteiger charge is 2.51. The molecule has 0 radical (unpaired) electrons. The number of hydrogen-bond acceptors (Lipinski definition) is 2. The number of carboxylic acid groups (broad SMARTS) is 1. The molecule has 4 saturated carbocycles. The molecule has 3 heteroatoms. The highest BCUT2D eigenvalue weighted by molar-refractivity contribution is 5.73. The molecule has 0 atom stereocenters. The van der Waals surface area contributed by atoms with E-state index in [9.17, 15) is 9.90 Å². The van der Waals surface area contributed by atoms with Crippen LogP contribution in [0.5, 0.6) is 0 Å². The molecule has 116 valence electrons. The highest BCUT2D eigenvalue weighted by atomic mass is 16.4. The molecule has 0 spiro atoms. The van der Waals surface area contributed by atoms with E-state index < -0.39 is 11.4 Å². The Morgan fingerprint density at radius 2 is 1.30 bits per heavy atom. The average molecular weight is 281 g/mol. The second-order valence-electron chi connectivity index (χ2n) is 7.30. The van der Waals surface area contributed by atoms with Crippen LogP contribution in [0.25, 0.3) is 0 Å². The third kappa shape index (κ3) is 3.19. The topological polar surface area (TPSA) is 44.6 Å². The van der Waals surface area contributed by atoms with Crippen molar-refractivity contribution in [1.29, 1.82) is 0 Å². The first-order chi connectivity index (χ1) is 9.52. The van der Waals surface area contributed by atoms with E-state index in [0.29, 0.717) is 17.8 Å². The summed E-state index contributed by atoms with van der Waals surface area (Å²) >= 11 is 0. The van der Waals surface area contributed by atoms with Crippen molar-refractivity contribution < 1.29 is 14.8 Å². The second kappa shape index (κ2) is 6.46. The van der Waals surface area contributed by atoms with Gasteiger partial charge in [0.25, 0.3) is 0 Å². The van der Waals surface area contributed by atoms with Gasteiger partial charge < -0.3 is 14.8 Å². The van der Waals surface area contributed by atoms with E-state index >= 15 is 0 Å². The summed E-state index contributed by atoms with van der Waals surface area (Å²) in [4.78, 5) is 12.8. The Hall–Kier alpha value is -0.570. The van der Waals surface area contributed by atoms with Crippen molar-refractivity contribution in [2.24, 2.45) is 23.2 Å². The van der Waals surface area contributed by atoms with Gasteiger partial charge in [-0.2, -0.15) is 0 Å². The molecule has 1 N–H and O–H groups in total. The maximum absolute atomic E-state index is 11.1. The number of carbonyl (C=O) groups is 1. The van der Waals surface area contributed by atoms with E-state index in [4.69, 9.17) is 0 Å². The number of rotatable bonds is 4. The highest BCUT2D eigenvalue weighted by Crippen LogP contribution is 2.59. The van der Waals surface area contributed by atoms with Gasteiger partial charge in [0.05, 0.1) is 19.6 Å². The summed E-state index contributed by atoms with van der Waals surface area (Å²) in [6.45, 7) is 10.5. The third-order valence-corrected chi connectivity index (χ3v) is 5.97. The van der Waals surface area contributed by atoms with Crippen LogP contribution >= 0.6 is 0 Å². The van der Waals surface area contributed by atoms with Crippen molar-refractivity contribution in [1.82, 2.24) is 0 Å². The first-order valence-electron chi connectivity index (χ1n) is 8.58. The Bertz CT molecular complexity index is 295. The van der Waals surface area contributed by atoms with Crippen molar-refractivity contribution in [2.75, 3.05) is 19.6 Å². The largest absolute Gasteiger partial charge is 0.550 e. The van der Waals surface area contributed by atoms with Crippen LogP contribution in [0.3, 0.4) is 0 Å². The molecule has 20 heavy (non-hydrogen) atoms. The minimum atomic E-state index is -0.758. The number of hydrogen-bond donors (Lipinski definition) is 1. The lowest BCUT2D eigenvalue weighted by Crippen LogP contribution is -3.11. The van der Waals surface area contributed by atoms with Crippen molar-refractivity contribution >= 4 is 5.97 Å². The van der Waals surface area contributed by atoms with Gasteiger partial charge in [-0.05, 0) is 77.0 Å². The molecule has 0 aromatic rings. The van der Waals surface area contributed by atoms with Gasteiger partial charge in [-0.25, -0.2) is 0 Å². The molecule has 0 aromatic heterocycles. The normalized spacial score (nSPS) is 37.7. The molecule has 0 heterocycles. The molecule has 0 aromatic carbocycles. The van der Waals surface area contributed by atoms with E-state index in [2.05, 4.69) is 20.8 Å². The van der Waals surface area contributed by atoms with Gasteiger partial charge in [0.2, 0.25) is 0 Å². The van der Waals surface area contributed by atoms with Crippen LogP contribution in [0.2, 0.25) is 0 Å². The monoisotopic (exact) mass is 281 g/mol. The zero-order valence-electron chi connectivity index (χ0n) is 13.4. The van der Waals surface area contributed by atoms with E-state index in [-0.39, 0.29) is 0 Å². The maximum atomic E-state index is 11.1. The predicted octanol–water partition coefficient (Wildman–Crippen LogP) is 0.884. The van der Waals surface area contributed by atoms with Crippen LogP contribution in [0, 0.1) is 23.2 Å². The second-order valence-corrected chi connectivity index (χ2v) is 7.30. The summed E-state index contributed by atoms with van der Waals surface area (Å²) in [6, 6.07) is 0. The van der Waals surface area contributed by atoms with Crippen molar-refractivity contribution in [3.8, 4) is 0 Å². The van der Waals surface area contributed by atoms with Gasteiger partial charge >= 0.3 is 0 Å². The van der Waals surface area contributed by atoms with Gasteiger partial charge in [-0.3, -0.25) is 0 Å². The number of nitrogens with one attached hydrogen (secondary N) is 1. The minimum absolute atomic E-state index is 0.394. The van der Waals surface area contributed by atoms with E-state index in [1.165, 1.54) is 38.9 Å². The minimum Gasteiger partial charge on any atom is -0.550 e. The molecule has 3 nitrogen and oxygen atoms in total. The Labute approximate surface area is 123 Å². The molecule has 4 bridgehead atoms.